The summed E-state index contributed by atoms with van der Waals surface area (Å²) in [5.41, 5.74) is 2.29. The molecule has 0 saturated carbocycles. The van der Waals surface area contributed by atoms with E-state index in [0.717, 1.165) is 11.2 Å². The van der Waals surface area contributed by atoms with Crippen molar-refractivity contribution in [1.29, 1.82) is 0 Å². The zero-order valence-electron chi connectivity index (χ0n) is 21.3. The second kappa shape index (κ2) is 11.2. The molecular weight excluding hydrogens is 541 g/mol. The fraction of sp³-hybridized carbons (Fsp3) is 0.241. The van der Waals surface area contributed by atoms with E-state index in [1.165, 1.54) is 47.4 Å². The van der Waals surface area contributed by atoms with Gasteiger partial charge >= 0.3 is 0 Å². The number of alkyl halides is 2. The van der Waals surface area contributed by atoms with Gasteiger partial charge in [0.2, 0.25) is 0 Å². The molecule has 2 aromatic heterocycles. The summed E-state index contributed by atoms with van der Waals surface area (Å²) in [6, 6.07) is 13.2. The van der Waals surface area contributed by atoms with Gasteiger partial charge in [0, 0.05) is 67.8 Å². The van der Waals surface area contributed by atoms with Crippen molar-refractivity contribution in [2.45, 2.75) is 30.2 Å². The number of carbonyl (C=O) groups excluding carboxylic acids is 1. The summed E-state index contributed by atoms with van der Waals surface area (Å²) < 4.78 is 69.0. The van der Waals surface area contributed by atoms with Gasteiger partial charge in [-0.25, -0.2) is 26.6 Å². The first-order valence-corrected chi connectivity index (χ1v) is 14.2. The maximum atomic E-state index is 13.6. The van der Waals surface area contributed by atoms with Gasteiger partial charge in [0.05, 0.1) is 4.90 Å². The van der Waals surface area contributed by atoms with Crippen LogP contribution in [0.15, 0.2) is 78.1 Å². The second-order valence-electron chi connectivity index (χ2n) is 9.60. The number of pyridine rings is 1. The number of halogens is 3. The molecule has 7 nitrogen and oxygen atoms in total. The molecule has 3 heterocycles. The smallest absolute Gasteiger partial charge is 0.251 e. The highest BCUT2D eigenvalue weighted by molar-refractivity contribution is 7.91. The number of nitrogens with zero attached hydrogens (tertiary/aromatic N) is 3. The second-order valence-corrected chi connectivity index (χ2v) is 11.5. The number of piperidine rings is 1. The fourth-order valence-corrected chi connectivity index (χ4v) is 5.98. The lowest BCUT2D eigenvalue weighted by Crippen LogP contribution is -2.41. The van der Waals surface area contributed by atoms with Crippen molar-refractivity contribution in [3.63, 3.8) is 0 Å². The summed E-state index contributed by atoms with van der Waals surface area (Å²) in [4.78, 5) is 18.6. The molecule has 1 fully saturated rings. The molecule has 0 bridgehead atoms. The minimum absolute atomic E-state index is 0.0478. The monoisotopic (exact) mass is 566 g/mol. The first kappa shape index (κ1) is 27.4. The van der Waals surface area contributed by atoms with Crippen LogP contribution in [0.4, 0.5) is 13.2 Å². The Hall–Kier alpha value is -4.14. The third kappa shape index (κ3) is 6.52. The maximum Gasteiger partial charge on any atom is 0.251 e. The quantitative estimate of drug-likeness (QED) is 0.353. The molecule has 1 aliphatic heterocycles. The molecule has 0 radical (unpaired) electrons. The zero-order valence-corrected chi connectivity index (χ0v) is 22.1. The summed E-state index contributed by atoms with van der Waals surface area (Å²) in [6.07, 6.45) is 4.49. The largest absolute Gasteiger partial charge is 0.348 e. The van der Waals surface area contributed by atoms with Crippen LogP contribution in [0.5, 0.6) is 0 Å². The third-order valence-corrected chi connectivity index (χ3v) is 8.35. The van der Waals surface area contributed by atoms with Crippen LogP contribution in [0.25, 0.3) is 5.65 Å². The number of fused-ring (bicyclic) bond motifs is 1. The van der Waals surface area contributed by atoms with E-state index in [4.69, 9.17) is 0 Å². The SMILES string of the molecule is O=C(NCc1ccn2ccnc2c1)c1ccc(S(=O)(=O)CN2CCC(F)(F)CC2)c(C#Cc2ccc(F)cc2)c1. The molecule has 1 saturated heterocycles. The summed E-state index contributed by atoms with van der Waals surface area (Å²) in [5.74, 6) is 1.51. The lowest BCUT2D eigenvalue weighted by atomic mass is 10.1. The number of likely N-dealkylation sites (tertiary alicyclic amines) is 1. The Balaban J connectivity index is 1.40. The van der Waals surface area contributed by atoms with Gasteiger partial charge in [0.1, 0.15) is 17.3 Å². The number of nitrogens with one attached hydrogen (secondary N) is 1. The molecule has 2 aromatic carbocycles. The molecule has 5 rings (SSSR count). The summed E-state index contributed by atoms with van der Waals surface area (Å²) >= 11 is 0. The van der Waals surface area contributed by atoms with Gasteiger partial charge in [-0.2, -0.15) is 0 Å². The Labute approximate surface area is 229 Å². The van der Waals surface area contributed by atoms with Crippen LogP contribution in [-0.2, 0) is 16.4 Å². The van der Waals surface area contributed by atoms with Crippen molar-refractivity contribution < 1.29 is 26.4 Å². The Morgan fingerprint density at radius 1 is 1.00 bits per heavy atom. The van der Waals surface area contributed by atoms with Crippen LogP contribution in [0.1, 0.15) is 39.9 Å². The molecule has 40 heavy (non-hydrogen) atoms. The highest BCUT2D eigenvalue weighted by atomic mass is 32.2. The molecule has 1 aliphatic rings. The third-order valence-electron chi connectivity index (χ3n) is 6.62. The first-order chi connectivity index (χ1) is 19.1. The lowest BCUT2D eigenvalue weighted by molar-refractivity contribution is -0.0519. The van der Waals surface area contributed by atoms with E-state index in [2.05, 4.69) is 22.1 Å². The summed E-state index contributed by atoms with van der Waals surface area (Å²) in [5, 5.41) is 2.82. The minimum Gasteiger partial charge on any atom is -0.348 e. The lowest BCUT2D eigenvalue weighted by Gasteiger charge is -2.31. The van der Waals surface area contributed by atoms with Crippen LogP contribution < -0.4 is 5.32 Å². The van der Waals surface area contributed by atoms with Crippen molar-refractivity contribution in [3.8, 4) is 11.8 Å². The van der Waals surface area contributed by atoms with Crippen LogP contribution >= 0.6 is 0 Å². The van der Waals surface area contributed by atoms with Gasteiger partial charge in [-0.1, -0.05) is 11.8 Å². The van der Waals surface area contributed by atoms with Gasteiger partial charge in [-0.3, -0.25) is 9.69 Å². The Morgan fingerprint density at radius 2 is 1.75 bits per heavy atom. The summed E-state index contributed by atoms with van der Waals surface area (Å²) in [7, 11) is -3.97. The van der Waals surface area contributed by atoms with Crippen LogP contribution in [-0.4, -0.2) is 53.5 Å². The molecular formula is C29H25F3N4O3S. The van der Waals surface area contributed by atoms with Crippen LogP contribution in [0, 0.1) is 17.7 Å². The molecule has 11 heteroatoms. The molecule has 4 aromatic rings. The number of rotatable bonds is 6. The first-order valence-electron chi connectivity index (χ1n) is 12.5. The number of carbonyl (C=O) groups is 1. The van der Waals surface area contributed by atoms with Gasteiger partial charge in [-0.05, 0) is 60.2 Å². The van der Waals surface area contributed by atoms with E-state index >= 15 is 0 Å². The molecule has 0 aliphatic carbocycles. The normalized spacial score (nSPS) is 15.4. The summed E-state index contributed by atoms with van der Waals surface area (Å²) in [6.45, 7) is 0.125. The van der Waals surface area contributed by atoms with E-state index in [1.54, 1.807) is 6.20 Å². The highest BCUT2D eigenvalue weighted by Crippen LogP contribution is 2.29. The zero-order chi connectivity index (χ0) is 28.3. The topological polar surface area (TPSA) is 83.8 Å². The predicted octanol–water partition coefficient (Wildman–Crippen LogP) is 4.27. The molecule has 0 atom stereocenters. The van der Waals surface area contributed by atoms with E-state index in [0.29, 0.717) is 5.56 Å². The number of hydrogen-bond donors (Lipinski definition) is 1. The molecule has 0 unspecified atom stereocenters. The maximum absolute atomic E-state index is 13.6. The number of hydrogen-bond acceptors (Lipinski definition) is 5. The van der Waals surface area contributed by atoms with Crippen molar-refractivity contribution in [3.05, 3.63) is 101 Å². The molecule has 1 amide bonds. The average Bonchev–Trinajstić information content (AvgIpc) is 3.40. The fourth-order valence-electron chi connectivity index (χ4n) is 4.38. The number of amides is 1. The van der Waals surface area contributed by atoms with Crippen LogP contribution in [0.3, 0.4) is 0 Å². The molecule has 1 N–H and O–H groups in total. The van der Waals surface area contributed by atoms with Crippen LogP contribution in [0.2, 0.25) is 0 Å². The number of benzene rings is 2. The van der Waals surface area contributed by atoms with Crippen molar-refractivity contribution in [2.75, 3.05) is 19.0 Å². The van der Waals surface area contributed by atoms with E-state index in [9.17, 15) is 26.4 Å². The Morgan fingerprint density at radius 3 is 2.50 bits per heavy atom. The highest BCUT2D eigenvalue weighted by Gasteiger charge is 2.35. The number of aromatic nitrogens is 2. The number of imidazole rings is 1. The standard InChI is InChI=1S/C29H25F3N4O3S/c30-25-6-2-21(3-7-25)1-4-23-18-24(28(37)34-19-22-9-13-36-16-12-33-27(36)17-22)5-8-26(23)40(38,39)20-35-14-10-29(31,32)11-15-35/h2-3,5-9,12-13,16-18H,10-11,14-15,19-20H2,(H,34,37). The molecule has 206 valence electrons. The average molecular weight is 567 g/mol. The van der Waals surface area contributed by atoms with E-state index in [1.807, 2.05) is 28.9 Å². The number of sulfone groups is 1. The van der Waals surface area contributed by atoms with Gasteiger partial charge < -0.3 is 9.72 Å². The van der Waals surface area contributed by atoms with Crippen molar-refractivity contribution >= 4 is 21.4 Å². The Bertz CT molecular complexity index is 1710. The Kier molecular flexibility index (Phi) is 7.65. The van der Waals surface area contributed by atoms with Gasteiger partial charge in [0.15, 0.2) is 9.84 Å². The predicted molar refractivity (Wildman–Crippen MR) is 143 cm³/mol. The van der Waals surface area contributed by atoms with Crippen molar-refractivity contribution in [2.24, 2.45) is 0 Å². The van der Waals surface area contributed by atoms with E-state index < -0.39 is 46.2 Å². The molecule has 0 spiro atoms. The van der Waals surface area contributed by atoms with E-state index in [-0.39, 0.29) is 35.7 Å². The van der Waals surface area contributed by atoms with Gasteiger partial charge in [-0.15, -0.1) is 0 Å². The minimum atomic E-state index is -3.97. The van der Waals surface area contributed by atoms with Crippen molar-refractivity contribution in [1.82, 2.24) is 19.6 Å². The van der Waals surface area contributed by atoms with Gasteiger partial charge in [0.25, 0.3) is 11.8 Å².